The smallest absolute Gasteiger partial charge is 0.416 e. The van der Waals surface area contributed by atoms with Gasteiger partial charge < -0.3 is 25.2 Å². The normalized spacial score (nSPS) is 14.3. The highest BCUT2D eigenvalue weighted by molar-refractivity contribution is 6.30. The fraction of sp³-hybridized carbons (Fsp3) is 0.391. The number of carbonyl (C=O) groups excluding carboxylic acids is 3. The quantitative estimate of drug-likeness (QED) is 0.578. The van der Waals surface area contributed by atoms with Crippen LogP contribution in [0.4, 0.5) is 34.3 Å². The summed E-state index contributed by atoms with van der Waals surface area (Å²) in [4.78, 5) is 44.6. The van der Waals surface area contributed by atoms with Crippen LogP contribution < -0.4 is 10.6 Å². The zero-order valence-corrected chi connectivity index (χ0v) is 20.5. The number of aromatic nitrogens is 1. The number of ether oxygens (including phenoxy) is 1. The third-order valence-electron chi connectivity index (χ3n) is 5.02. The predicted octanol–water partition coefficient (Wildman–Crippen LogP) is 5.09. The third-order valence-corrected chi connectivity index (χ3v) is 5.24. The van der Waals surface area contributed by atoms with Gasteiger partial charge in [-0.25, -0.2) is 14.6 Å². The highest BCUT2D eigenvalue weighted by atomic mass is 35.5. The molecule has 0 unspecified atom stereocenters. The van der Waals surface area contributed by atoms with Gasteiger partial charge in [-0.1, -0.05) is 11.6 Å². The summed E-state index contributed by atoms with van der Waals surface area (Å²) in [7, 11) is 0. The Bertz CT molecular complexity index is 1130. The summed E-state index contributed by atoms with van der Waals surface area (Å²) < 4.78 is 45.2. The lowest BCUT2D eigenvalue weighted by atomic mass is 10.1. The molecule has 13 heteroatoms. The van der Waals surface area contributed by atoms with Crippen molar-refractivity contribution in [3.05, 3.63) is 52.7 Å². The monoisotopic (exact) mass is 527 g/mol. The standard InChI is InChI=1S/C23H25ClF3N5O4/c1-22(2,3)36-21(35)32-10-8-31(9-11-32)20(34)29-17-6-4-14(23(25,26)27)12-16(17)19(33)30-18-7-5-15(24)13-28-18/h4-7,12-13H,8-11H2,1-3H3,(H,29,34)(H,28,30,33). The summed E-state index contributed by atoms with van der Waals surface area (Å²) in [6.07, 6.45) is -3.93. The number of rotatable bonds is 3. The molecule has 1 fully saturated rings. The molecule has 0 aliphatic carbocycles. The number of nitrogens with one attached hydrogen (secondary N) is 2. The van der Waals surface area contributed by atoms with Crippen LogP contribution >= 0.6 is 11.6 Å². The molecule has 0 atom stereocenters. The molecule has 36 heavy (non-hydrogen) atoms. The molecule has 0 spiro atoms. The predicted molar refractivity (Wildman–Crippen MR) is 127 cm³/mol. The van der Waals surface area contributed by atoms with E-state index in [4.69, 9.17) is 16.3 Å². The maximum Gasteiger partial charge on any atom is 0.416 e. The second-order valence-corrected chi connectivity index (χ2v) is 9.39. The summed E-state index contributed by atoms with van der Waals surface area (Å²) in [5, 5.41) is 5.21. The summed E-state index contributed by atoms with van der Waals surface area (Å²) in [6, 6.07) is 4.65. The van der Waals surface area contributed by atoms with E-state index in [2.05, 4.69) is 15.6 Å². The van der Waals surface area contributed by atoms with E-state index in [1.54, 1.807) is 20.8 Å². The first kappa shape index (κ1) is 27.1. The number of halogens is 4. The van der Waals surface area contributed by atoms with E-state index in [1.165, 1.54) is 28.1 Å². The maximum absolute atomic E-state index is 13.3. The molecule has 2 aromatic rings. The second-order valence-electron chi connectivity index (χ2n) is 8.96. The van der Waals surface area contributed by atoms with Crippen LogP contribution in [0.25, 0.3) is 0 Å². The molecular formula is C23H25ClF3N5O4. The first-order chi connectivity index (χ1) is 16.7. The van der Waals surface area contributed by atoms with Gasteiger partial charge in [0.05, 0.1) is 21.8 Å². The zero-order valence-electron chi connectivity index (χ0n) is 19.8. The highest BCUT2D eigenvalue weighted by Crippen LogP contribution is 2.32. The summed E-state index contributed by atoms with van der Waals surface area (Å²) in [5.74, 6) is -0.835. The number of piperazine rings is 1. The minimum atomic E-state index is -4.70. The number of benzene rings is 1. The van der Waals surface area contributed by atoms with E-state index >= 15 is 0 Å². The number of amides is 4. The summed E-state index contributed by atoms with van der Waals surface area (Å²) in [5.41, 5.74) is -2.23. The van der Waals surface area contributed by atoms with Crippen LogP contribution in [0.3, 0.4) is 0 Å². The van der Waals surface area contributed by atoms with E-state index in [9.17, 15) is 27.6 Å². The van der Waals surface area contributed by atoms with Crippen LogP contribution in [-0.4, -0.2) is 64.6 Å². The van der Waals surface area contributed by atoms with Gasteiger partial charge in [0.1, 0.15) is 11.4 Å². The molecule has 3 rings (SSSR count). The van der Waals surface area contributed by atoms with E-state index in [0.717, 1.165) is 12.1 Å². The lowest BCUT2D eigenvalue weighted by Gasteiger charge is -2.35. The molecule has 0 saturated carbocycles. The van der Waals surface area contributed by atoms with Gasteiger partial charge in [0, 0.05) is 32.4 Å². The SMILES string of the molecule is CC(C)(C)OC(=O)N1CCN(C(=O)Nc2ccc(C(F)(F)F)cc2C(=O)Nc2ccc(Cl)cn2)CC1. The zero-order chi connectivity index (χ0) is 26.7. The van der Waals surface area contributed by atoms with E-state index in [-0.39, 0.29) is 37.7 Å². The average molecular weight is 528 g/mol. The molecule has 1 aromatic heterocycles. The molecule has 0 radical (unpaired) electrons. The first-order valence-corrected chi connectivity index (χ1v) is 11.3. The van der Waals surface area contributed by atoms with Gasteiger partial charge in [-0.05, 0) is 51.1 Å². The molecule has 1 aromatic carbocycles. The molecule has 1 saturated heterocycles. The first-order valence-electron chi connectivity index (χ1n) is 10.9. The molecule has 4 amide bonds. The Morgan fingerprint density at radius 3 is 2.17 bits per heavy atom. The van der Waals surface area contributed by atoms with E-state index in [1.807, 2.05) is 0 Å². The largest absolute Gasteiger partial charge is 0.444 e. The van der Waals surface area contributed by atoms with Gasteiger partial charge in [0.2, 0.25) is 0 Å². The molecule has 1 aliphatic heterocycles. The van der Waals surface area contributed by atoms with Crippen LogP contribution in [0, 0.1) is 0 Å². The van der Waals surface area contributed by atoms with Crippen molar-refractivity contribution in [2.75, 3.05) is 36.8 Å². The van der Waals surface area contributed by atoms with E-state index in [0.29, 0.717) is 11.1 Å². The number of hydrogen-bond donors (Lipinski definition) is 2. The number of alkyl halides is 3. The average Bonchev–Trinajstić information content (AvgIpc) is 2.79. The van der Waals surface area contributed by atoms with Crippen molar-refractivity contribution in [3.8, 4) is 0 Å². The van der Waals surface area contributed by atoms with Crippen LogP contribution in [-0.2, 0) is 10.9 Å². The van der Waals surface area contributed by atoms with Crippen LogP contribution in [0.15, 0.2) is 36.5 Å². The highest BCUT2D eigenvalue weighted by Gasteiger charge is 2.33. The number of anilines is 2. The van der Waals surface area contributed by atoms with Crippen molar-refractivity contribution in [3.63, 3.8) is 0 Å². The minimum absolute atomic E-state index is 0.0670. The number of nitrogens with zero attached hydrogens (tertiary/aromatic N) is 3. The molecule has 2 heterocycles. The van der Waals surface area contributed by atoms with Crippen molar-refractivity contribution in [1.29, 1.82) is 0 Å². The Morgan fingerprint density at radius 1 is 0.972 bits per heavy atom. The number of pyridine rings is 1. The van der Waals surface area contributed by atoms with Crippen molar-refractivity contribution >= 4 is 41.1 Å². The van der Waals surface area contributed by atoms with Gasteiger partial charge in [0.25, 0.3) is 5.91 Å². The Labute approximate surface area is 210 Å². The van der Waals surface area contributed by atoms with Gasteiger partial charge >= 0.3 is 18.3 Å². The van der Waals surface area contributed by atoms with Crippen LogP contribution in [0.1, 0.15) is 36.7 Å². The Hall–Kier alpha value is -3.54. The van der Waals surface area contributed by atoms with Crippen molar-refractivity contribution in [2.45, 2.75) is 32.5 Å². The maximum atomic E-state index is 13.3. The fourth-order valence-electron chi connectivity index (χ4n) is 3.26. The minimum Gasteiger partial charge on any atom is -0.444 e. The second kappa shape index (κ2) is 10.6. The van der Waals surface area contributed by atoms with E-state index < -0.39 is 40.9 Å². The fourth-order valence-corrected chi connectivity index (χ4v) is 3.38. The van der Waals surface area contributed by atoms with Crippen molar-refractivity contribution < 1.29 is 32.3 Å². The van der Waals surface area contributed by atoms with Crippen molar-refractivity contribution in [1.82, 2.24) is 14.8 Å². The lowest BCUT2D eigenvalue weighted by molar-refractivity contribution is -0.137. The molecule has 9 nitrogen and oxygen atoms in total. The summed E-state index contributed by atoms with van der Waals surface area (Å²) >= 11 is 5.77. The Kier molecular flexibility index (Phi) is 7.97. The lowest BCUT2D eigenvalue weighted by Crippen LogP contribution is -2.52. The topological polar surface area (TPSA) is 104 Å². The number of carbonyl (C=O) groups is 3. The van der Waals surface area contributed by atoms with Gasteiger partial charge in [-0.15, -0.1) is 0 Å². The molecule has 1 aliphatic rings. The van der Waals surface area contributed by atoms with Crippen LogP contribution in [0.2, 0.25) is 5.02 Å². The molecule has 194 valence electrons. The summed E-state index contributed by atoms with van der Waals surface area (Å²) in [6.45, 7) is 6.00. The number of urea groups is 1. The van der Waals surface area contributed by atoms with Crippen LogP contribution in [0.5, 0.6) is 0 Å². The molecule has 0 bridgehead atoms. The van der Waals surface area contributed by atoms with Gasteiger partial charge in [-0.3, -0.25) is 4.79 Å². The molecule has 2 N–H and O–H groups in total. The Morgan fingerprint density at radius 2 is 1.61 bits per heavy atom. The third kappa shape index (κ3) is 7.23. The van der Waals surface area contributed by atoms with Gasteiger partial charge in [-0.2, -0.15) is 13.2 Å². The molecular weight excluding hydrogens is 503 g/mol. The Balaban J connectivity index is 1.73. The van der Waals surface area contributed by atoms with Crippen molar-refractivity contribution in [2.24, 2.45) is 0 Å². The number of hydrogen-bond acceptors (Lipinski definition) is 5. The van der Waals surface area contributed by atoms with Gasteiger partial charge in [0.15, 0.2) is 0 Å².